The second-order valence-corrected chi connectivity index (χ2v) is 6.73. The maximum absolute atomic E-state index is 2.74. The van der Waals surface area contributed by atoms with Gasteiger partial charge in [-0.15, -0.1) is 0 Å². The lowest BCUT2D eigenvalue weighted by Gasteiger charge is -2.38. The Balaban J connectivity index is 1.66. The third-order valence-corrected chi connectivity index (χ3v) is 5.18. The van der Waals surface area contributed by atoms with Crippen molar-refractivity contribution in [2.24, 2.45) is 11.8 Å². The van der Waals surface area contributed by atoms with Gasteiger partial charge in [0.25, 0.3) is 0 Å². The van der Waals surface area contributed by atoms with Crippen molar-refractivity contribution < 1.29 is 0 Å². The van der Waals surface area contributed by atoms with Crippen LogP contribution < -0.4 is 0 Å². The van der Waals surface area contributed by atoms with Crippen LogP contribution >= 0.6 is 0 Å². The minimum Gasteiger partial charge on any atom is -0.303 e. The van der Waals surface area contributed by atoms with Crippen molar-refractivity contribution in [1.82, 2.24) is 9.80 Å². The zero-order valence-corrected chi connectivity index (χ0v) is 12.7. The van der Waals surface area contributed by atoms with Crippen LogP contribution in [-0.4, -0.2) is 48.6 Å². The number of hydrogen-bond acceptors (Lipinski definition) is 2. The molecule has 2 saturated heterocycles. The fourth-order valence-electron chi connectivity index (χ4n) is 3.59. The third kappa shape index (κ3) is 3.96. The average molecular weight is 252 g/mol. The van der Waals surface area contributed by atoms with E-state index >= 15 is 0 Å². The van der Waals surface area contributed by atoms with Crippen LogP contribution in [0.25, 0.3) is 0 Å². The van der Waals surface area contributed by atoms with Crippen molar-refractivity contribution in [3.8, 4) is 0 Å². The molecule has 0 bridgehead atoms. The normalized spacial score (nSPS) is 26.0. The Hall–Kier alpha value is -0.0800. The molecule has 2 aliphatic rings. The van der Waals surface area contributed by atoms with E-state index in [0.717, 1.165) is 17.9 Å². The van der Waals surface area contributed by atoms with E-state index in [1.165, 1.54) is 64.8 Å². The van der Waals surface area contributed by atoms with Crippen molar-refractivity contribution in [1.29, 1.82) is 0 Å². The molecule has 0 aromatic heterocycles. The average Bonchev–Trinajstić information content (AvgIpc) is 2.40. The first kappa shape index (κ1) is 14.3. The number of hydrogen-bond donors (Lipinski definition) is 0. The van der Waals surface area contributed by atoms with Crippen LogP contribution in [0, 0.1) is 11.8 Å². The van der Waals surface area contributed by atoms with E-state index in [-0.39, 0.29) is 0 Å². The van der Waals surface area contributed by atoms with Crippen molar-refractivity contribution in [2.75, 3.05) is 32.7 Å². The lowest BCUT2D eigenvalue weighted by atomic mass is 9.91. The first-order valence-electron chi connectivity index (χ1n) is 8.15. The van der Waals surface area contributed by atoms with E-state index in [1.807, 2.05) is 0 Å². The molecular formula is C16H32N2. The van der Waals surface area contributed by atoms with Crippen molar-refractivity contribution in [2.45, 2.75) is 58.9 Å². The van der Waals surface area contributed by atoms with Crippen LogP contribution in [0.5, 0.6) is 0 Å². The molecule has 2 heteroatoms. The van der Waals surface area contributed by atoms with Gasteiger partial charge in [0.05, 0.1) is 0 Å². The van der Waals surface area contributed by atoms with Crippen molar-refractivity contribution >= 4 is 0 Å². The smallest absolute Gasteiger partial charge is 0.00385 e. The van der Waals surface area contributed by atoms with E-state index < -0.39 is 0 Å². The molecule has 0 saturated carbocycles. The first-order valence-corrected chi connectivity index (χ1v) is 8.15. The minimum atomic E-state index is 0.742. The van der Waals surface area contributed by atoms with Gasteiger partial charge >= 0.3 is 0 Å². The Morgan fingerprint density at radius 2 is 1.44 bits per heavy atom. The predicted octanol–water partition coefficient (Wildman–Crippen LogP) is 3.23. The molecule has 0 aromatic rings. The molecule has 2 nitrogen and oxygen atoms in total. The quantitative estimate of drug-likeness (QED) is 0.758. The Labute approximate surface area is 114 Å². The van der Waals surface area contributed by atoms with Gasteiger partial charge < -0.3 is 9.80 Å². The number of piperidine rings is 2. The fraction of sp³-hybridized carbons (Fsp3) is 1.00. The molecule has 0 amide bonds. The van der Waals surface area contributed by atoms with E-state index in [2.05, 4.69) is 30.6 Å². The van der Waals surface area contributed by atoms with Gasteiger partial charge in [-0.05, 0) is 77.5 Å². The zero-order chi connectivity index (χ0) is 13.0. The second-order valence-electron chi connectivity index (χ2n) is 6.73. The summed E-state index contributed by atoms with van der Waals surface area (Å²) in [6.07, 6.45) is 7.13. The molecule has 18 heavy (non-hydrogen) atoms. The molecule has 0 atom stereocenters. The molecule has 0 unspecified atom stereocenters. The highest BCUT2D eigenvalue weighted by atomic mass is 15.2. The molecule has 0 aromatic carbocycles. The van der Waals surface area contributed by atoms with Gasteiger partial charge in [-0.2, -0.15) is 0 Å². The summed E-state index contributed by atoms with van der Waals surface area (Å²) in [5.41, 5.74) is 0. The van der Waals surface area contributed by atoms with Gasteiger partial charge in [-0.3, -0.25) is 0 Å². The second kappa shape index (κ2) is 6.91. The number of rotatable bonds is 4. The van der Waals surface area contributed by atoms with Crippen LogP contribution in [0.3, 0.4) is 0 Å². The van der Waals surface area contributed by atoms with Gasteiger partial charge in [0.1, 0.15) is 0 Å². The largest absolute Gasteiger partial charge is 0.303 e. The van der Waals surface area contributed by atoms with Gasteiger partial charge in [-0.25, -0.2) is 0 Å². The van der Waals surface area contributed by atoms with Crippen LogP contribution in [0.2, 0.25) is 0 Å². The predicted molar refractivity (Wildman–Crippen MR) is 78.9 cm³/mol. The number of nitrogens with zero attached hydrogens (tertiary/aromatic N) is 2. The molecule has 0 spiro atoms. The summed E-state index contributed by atoms with van der Waals surface area (Å²) in [4.78, 5) is 5.38. The number of likely N-dealkylation sites (tertiary alicyclic amines) is 2. The molecule has 106 valence electrons. The molecule has 0 N–H and O–H groups in total. The molecule has 2 aliphatic heterocycles. The molecule has 2 rings (SSSR count). The van der Waals surface area contributed by atoms with E-state index in [4.69, 9.17) is 0 Å². The van der Waals surface area contributed by atoms with Crippen LogP contribution in [0.15, 0.2) is 0 Å². The first-order chi connectivity index (χ1) is 8.69. The van der Waals surface area contributed by atoms with Gasteiger partial charge in [0, 0.05) is 12.6 Å². The lowest BCUT2D eigenvalue weighted by molar-refractivity contribution is 0.104. The van der Waals surface area contributed by atoms with Gasteiger partial charge in [0.15, 0.2) is 0 Å². The van der Waals surface area contributed by atoms with E-state index in [0.29, 0.717) is 0 Å². The summed E-state index contributed by atoms with van der Waals surface area (Å²) in [6, 6.07) is 0.742. The lowest BCUT2D eigenvalue weighted by Crippen LogP contribution is -2.43. The summed E-state index contributed by atoms with van der Waals surface area (Å²) in [5, 5.41) is 0. The molecule has 0 aliphatic carbocycles. The Morgan fingerprint density at radius 1 is 0.889 bits per heavy atom. The summed E-state index contributed by atoms with van der Waals surface area (Å²) < 4.78 is 0. The Bertz CT molecular complexity index is 223. The topological polar surface area (TPSA) is 6.48 Å². The molecule has 2 heterocycles. The summed E-state index contributed by atoms with van der Waals surface area (Å²) in [5.74, 6) is 1.99. The summed E-state index contributed by atoms with van der Waals surface area (Å²) in [6.45, 7) is 13.8. The minimum absolute atomic E-state index is 0.742. The summed E-state index contributed by atoms with van der Waals surface area (Å²) >= 11 is 0. The van der Waals surface area contributed by atoms with Gasteiger partial charge in [0.2, 0.25) is 0 Å². The molecule has 2 fully saturated rings. The highest BCUT2D eigenvalue weighted by Gasteiger charge is 2.24. The third-order valence-electron chi connectivity index (χ3n) is 5.18. The van der Waals surface area contributed by atoms with Crippen molar-refractivity contribution in [3.63, 3.8) is 0 Å². The summed E-state index contributed by atoms with van der Waals surface area (Å²) in [7, 11) is 0. The van der Waals surface area contributed by atoms with Crippen LogP contribution in [0.4, 0.5) is 0 Å². The van der Waals surface area contributed by atoms with Crippen LogP contribution in [0.1, 0.15) is 52.9 Å². The highest BCUT2D eigenvalue weighted by molar-refractivity contribution is 4.79. The maximum Gasteiger partial charge on any atom is 0.00385 e. The molecular weight excluding hydrogens is 220 g/mol. The molecule has 0 radical (unpaired) electrons. The van der Waals surface area contributed by atoms with Crippen molar-refractivity contribution in [3.05, 3.63) is 0 Å². The SMILES string of the molecule is CCC1CCN(CC2CCN(C(C)C)CC2)CC1. The highest BCUT2D eigenvalue weighted by Crippen LogP contribution is 2.24. The Morgan fingerprint density at radius 3 is 1.94 bits per heavy atom. The monoisotopic (exact) mass is 252 g/mol. The van der Waals surface area contributed by atoms with E-state index in [1.54, 1.807) is 0 Å². The van der Waals surface area contributed by atoms with E-state index in [9.17, 15) is 0 Å². The standard InChI is InChI=1S/C16H32N2/c1-4-15-5-9-17(10-6-15)13-16-7-11-18(12-8-16)14(2)3/h14-16H,4-13H2,1-3H3. The fourth-order valence-corrected chi connectivity index (χ4v) is 3.59. The van der Waals surface area contributed by atoms with Crippen LogP contribution in [-0.2, 0) is 0 Å². The zero-order valence-electron chi connectivity index (χ0n) is 12.7. The van der Waals surface area contributed by atoms with Gasteiger partial charge in [-0.1, -0.05) is 13.3 Å². The Kier molecular flexibility index (Phi) is 5.50. The maximum atomic E-state index is 2.74.